The van der Waals surface area contributed by atoms with Gasteiger partial charge in [-0.3, -0.25) is 4.98 Å². The van der Waals surface area contributed by atoms with Gasteiger partial charge in [0.15, 0.2) is 5.82 Å². The van der Waals surface area contributed by atoms with E-state index in [4.69, 9.17) is 9.97 Å². The van der Waals surface area contributed by atoms with E-state index in [0.717, 1.165) is 48.6 Å². The first-order valence-electron chi connectivity index (χ1n) is 9.52. The number of pyridine rings is 1. The Morgan fingerprint density at radius 2 is 1.81 bits per heavy atom. The van der Waals surface area contributed by atoms with Gasteiger partial charge in [0.2, 0.25) is 10.0 Å². The minimum Gasteiger partial charge on any atom is -0.356 e. The standard InChI is InChI=1S/C19H25N5O2S/c1-27(25,26)24-12-8-17-16(14-24)19(23-10-4-2-3-5-11-23)22-18(21-17)15-7-6-9-20-13-15/h6-7,9,13H,2-5,8,10-12,14H2,1H3. The number of rotatable bonds is 3. The summed E-state index contributed by atoms with van der Waals surface area (Å²) in [5.41, 5.74) is 2.81. The van der Waals surface area contributed by atoms with Gasteiger partial charge in [-0.25, -0.2) is 18.4 Å². The third-order valence-corrected chi connectivity index (χ3v) is 6.55. The zero-order valence-corrected chi connectivity index (χ0v) is 16.5. The summed E-state index contributed by atoms with van der Waals surface area (Å²) in [6.45, 7) is 2.73. The Labute approximate surface area is 160 Å². The summed E-state index contributed by atoms with van der Waals surface area (Å²) in [7, 11) is -3.24. The lowest BCUT2D eigenvalue weighted by Gasteiger charge is -2.31. The third-order valence-electron chi connectivity index (χ3n) is 5.30. The van der Waals surface area contributed by atoms with Crippen molar-refractivity contribution in [3.8, 4) is 11.4 Å². The number of hydrogen-bond donors (Lipinski definition) is 0. The SMILES string of the molecule is CS(=O)(=O)N1CCc2nc(-c3cccnc3)nc(N3CCCCCC3)c2C1. The minimum absolute atomic E-state index is 0.354. The molecule has 7 nitrogen and oxygen atoms in total. The molecule has 2 aliphatic heterocycles. The van der Waals surface area contributed by atoms with Crippen LogP contribution in [-0.4, -0.2) is 53.6 Å². The summed E-state index contributed by atoms with van der Waals surface area (Å²) in [6.07, 6.45) is 10.1. The number of anilines is 1. The number of nitrogens with zero attached hydrogens (tertiary/aromatic N) is 5. The molecule has 4 heterocycles. The predicted octanol–water partition coefficient (Wildman–Crippen LogP) is 2.24. The van der Waals surface area contributed by atoms with Gasteiger partial charge in [-0.2, -0.15) is 4.31 Å². The lowest BCUT2D eigenvalue weighted by molar-refractivity contribution is 0.390. The van der Waals surface area contributed by atoms with Crippen LogP contribution >= 0.6 is 0 Å². The zero-order chi connectivity index (χ0) is 18.9. The summed E-state index contributed by atoms with van der Waals surface area (Å²) in [4.78, 5) is 16.2. The van der Waals surface area contributed by atoms with Gasteiger partial charge in [-0.1, -0.05) is 12.8 Å². The van der Waals surface area contributed by atoms with Crippen molar-refractivity contribution in [3.05, 3.63) is 35.8 Å². The Hall–Kier alpha value is -2.06. The predicted molar refractivity (Wildman–Crippen MR) is 105 cm³/mol. The van der Waals surface area contributed by atoms with Crippen LogP contribution in [0.25, 0.3) is 11.4 Å². The van der Waals surface area contributed by atoms with E-state index >= 15 is 0 Å². The van der Waals surface area contributed by atoms with Gasteiger partial charge in [0.05, 0.1) is 11.9 Å². The number of hydrogen-bond acceptors (Lipinski definition) is 6. The fourth-order valence-corrected chi connectivity index (χ4v) is 4.61. The fraction of sp³-hybridized carbons (Fsp3) is 0.526. The van der Waals surface area contributed by atoms with E-state index in [9.17, 15) is 8.42 Å². The Morgan fingerprint density at radius 3 is 2.48 bits per heavy atom. The maximum absolute atomic E-state index is 12.1. The van der Waals surface area contributed by atoms with Crippen molar-refractivity contribution < 1.29 is 8.42 Å². The van der Waals surface area contributed by atoms with Crippen LogP contribution in [0.15, 0.2) is 24.5 Å². The quantitative estimate of drug-likeness (QED) is 0.804. The van der Waals surface area contributed by atoms with Gasteiger partial charge < -0.3 is 4.90 Å². The molecule has 1 saturated heterocycles. The maximum atomic E-state index is 12.1. The van der Waals surface area contributed by atoms with E-state index in [1.54, 1.807) is 12.4 Å². The van der Waals surface area contributed by atoms with E-state index in [2.05, 4.69) is 9.88 Å². The van der Waals surface area contributed by atoms with Crippen LogP contribution in [0, 0.1) is 0 Å². The molecule has 0 atom stereocenters. The molecule has 27 heavy (non-hydrogen) atoms. The molecule has 4 rings (SSSR count). The molecule has 2 aromatic rings. The van der Waals surface area contributed by atoms with Crippen LogP contribution in [0.3, 0.4) is 0 Å². The van der Waals surface area contributed by atoms with Crippen molar-refractivity contribution in [2.24, 2.45) is 0 Å². The Kier molecular flexibility index (Phi) is 5.10. The second-order valence-electron chi connectivity index (χ2n) is 7.29. The van der Waals surface area contributed by atoms with Gasteiger partial charge in [-0.15, -0.1) is 0 Å². The van der Waals surface area contributed by atoms with Crippen LogP contribution in [-0.2, 0) is 23.0 Å². The molecule has 0 N–H and O–H groups in total. The highest BCUT2D eigenvalue weighted by molar-refractivity contribution is 7.88. The molecular formula is C19H25N5O2S. The smallest absolute Gasteiger partial charge is 0.211 e. The monoisotopic (exact) mass is 387 g/mol. The molecule has 144 valence electrons. The van der Waals surface area contributed by atoms with Crippen molar-refractivity contribution in [2.75, 3.05) is 30.8 Å². The van der Waals surface area contributed by atoms with Crippen LogP contribution in [0.2, 0.25) is 0 Å². The highest BCUT2D eigenvalue weighted by Crippen LogP contribution is 2.31. The largest absolute Gasteiger partial charge is 0.356 e. The Morgan fingerprint density at radius 1 is 1.04 bits per heavy atom. The third kappa shape index (κ3) is 3.96. The van der Waals surface area contributed by atoms with Crippen molar-refractivity contribution >= 4 is 15.8 Å². The minimum atomic E-state index is -3.24. The zero-order valence-electron chi connectivity index (χ0n) is 15.6. The first-order valence-corrected chi connectivity index (χ1v) is 11.4. The van der Waals surface area contributed by atoms with Crippen molar-refractivity contribution in [2.45, 2.75) is 38.6 Å². The maximum Gasteiger partial charge on any atom is 0.211 e. The van der Waals surface area contributed by atoms with E-state index in [1.165, 1.54) is 23.4 Å². The molecule has 2 aromatic heterocycles. The van der Waals surface area contributed by atoms with E-state index in [1.807, 2.05) is 12.1 Å². The van der Waals surface area contributed by atoms with E-state index < -0.39 is 10.0 Å². The molecule has 0 amide bonds. The molecule has 1 fully saturated rings. The molecule has 2 aliphatic rings. The number of fused-ring (bicyclic) bond motifs is 1. The van der Waals surface area contributed by atoms with Crippen LogP contribution in [0.5, 0.6) is 0 Å². The van der Waals surface area contributed by atoms with Gasteiger partial charge in [0.25, 0.3) is 0 Å². The molecular weight excluding hydrogens is 362 g/mol. The van der Waals surface area contributed by atoms with Gasteiger partial charge in [-0.05, 0) is 25.0 Å². The van der Waals surface area contributed by atoms with Crippen molar-refractivity contribution in [1.82, 2.24) is 19.3 Å². The first-order chi connectivity index (χ1) is 13.0. The molecule has 0 spiro atoms. The Bertz CT molecular complexity index is 909. The second kappa shape index (κ2) is 7.52. The Balaban J connectivity index is 1.80. The van der Waals surface area contributed by atoms with Crippen LogP contribution < -0.4 is 4.90 Å². The van der Waals surface area contributed by atoms with E-state index in [0.29, 0.717) is 25.3 Å². The summed E-state index contributed by atoms with van der Waals surface area (Å²) in [6, 6.07) is 3.85. The number of aromatic nitrogens is 3. The van der Waals surface area contributed by atoms with E-state index in [-0.39, 0.29) is 0 Å². The van der Waals surface area contributed by atoms with Gasteiger partial charge >= 0.3 is 0 Å². The van der Waals surface area contributed by atoms with Gasteiger partial charge in [0.1, 0.15) is 5.82 Å². The second-order valence-corrected chi connectivity index (χ2v) is 9.27. The average molecular weight is 388 g/mol. The fourth-order valence-electron chi connectivity index (χ4n) is 3.82. The van der Waals surface area contributed by atoms with Crippen LogP contribution in [0.4, 0.5) is 5.82 Å². The highest BCUT2D eigenvalue weighted by Gasteiger charge is 2.29. The molecule has 0 aliphatic carbocycles. The molecule has 0 saturated carbocycles. The summed E-state index contributed by atoms with van der Waals surface area (Å²) in [5.74, 6) is 1.57. The molecule has 0 unspecified atom stereocenters. The summed E-state index contributed by atoms with van der Waals surface area (Å²) >= 11 is 0. The highest BCUT2D eigenvalue weighted by atomic mass is 32.2. The lowest BCUT2D eigenvalue weighted by Crippen LogP contribution is -2.37. The normalized spacial score (nSPS) is 18.8. The molecule has 0 radical (unpaired) electrons. The lowest BCUT2D eigenvalue weighted by atomic mass is 10.1. The average Bonchev–Trinajstić information content (AvgIpc) is 2.96. The summed E-state index contributed by atoms with van der Waals surface area (Å²) < 4.78 is 25.7. The molecule has 0 bridgehead atoms. The van der Waals surface area contributed by atoms with Crippen molar-refractivity contribution in [1.29, 1.82) is 0 Å². The first kappa shape index (κ1) is 18.3. The molecule has 0 aromatic carbocycles. The van der Waals surface area contributed by atoms with Crippen molar-refractivity contribution in [3.63, 3.8) is 0 Å². The number of sulfonamides is 1. The summed E-state index contributed by atoms with van der Waals surface area (Å²) in [5, 5.41) is 0. The van der Waals surface area contributed by atoms with Crippen LogP contribution in [0.1, 0.15) is 36.9 Å². The molecule has 8 heteroatoms. The van der Waals surface area contributed by atoms with Gasteiger partial charge in [0, 0.05) is 56.1 Å². The topological polar surface area (TPSA) is 79.3 Å².